The molecule has 2 fully saturated rings. The second-order valence-corrected chi connectivity index (χ2v) is 6.16. The number of rotatable bonds is 3. The van der Waals surface area contributed by atoms with Gasteiger partial charge in [-0.1, -0.05) is 19.8 Å². The van der Waals surface area contributed by atoms with Crippen molar-refractivity contribution in [2.24, 2.45) is 22.4 Å². The third-order valence-electron chi connectivity index (χ3n) is 4.90. The molecule has 106 valence electrons. The van der Waals surface area contributed by atoms with Crippen LogP contribution in [0.3, 0.4) is 0 Å². The molecule has 3 unspecified atom stereocenters. The summed E-state index contributed by atoms with van der Waals surface area (Å²) in [7, 11) is 0. The molecule has 0 aliphatic heterocycles. The zero-order valence-electron chi connectivity index (χ0n) is 11.7. The minimum Gasteiger partial charge on any atom is -0.508 e. The number of hydrazone groups is 1. The first-order valence-corrected chi connectivity index (χ1v) is 7.23. The van der Waals surface area contributed by atoms with Gasteiger partial charge in [0.05, 0.1) is 6.21 Å². The minimum atomic E-state index is 0.0504. The largest absolute Gasteiger partial charge is 0.508 e. The molecular formula is C16H20N2O2. The minimum absolute atomic E-state index is 0.0504. The summed E-state index contributed by atoms with van der Waals surface area (Å²) >= 11 is 0. The van der Waals surface area contributed by atoms with Gasteiger partial charge in [0.2, 0.25) is 5.91 Å². The molecule has 0 heterocycles. The highest BCUT2D eigenvalue weighted by Gasteiger charge is 2.64. The van der Waals surface area contributed by atoms with Crippen molar-refractivity contribution in [2.45, 2.75) is 32.6 Å². The third kappa shape index (κ3) is 2.30. The van der Waals surface area contributed by atoms with E-state index >= 15 is 0 Å². The first kappa shape index (κ1) is 13.2. The smallest absolute Gasteiger partial charge is 0.244 e. The topological polar surface area (TPSA) is 61.7 Å². The molecule has 0 spiro atoms. The van der Waals surface area contributed by atoms with Crippen LogP contribution in [0, 0.1) is 17.3 Å². The number of hydrogen-bond acceptors (Lipinski definition) is 3. The van der Waals surface area contributed by atoms with Gasteiger partial charge in [-0.05, 0) is 54.0 Å². The van der Waals surface area contributed by atoms with Crippen LogP contribution in [0.5, 0.6) is 5.75 Å². The lowest BCUT2D eigenvalue weighted by molar-refractivity contribution is -0.123. The summed E-state index contributed by atoms with van der Waals surface area (Å²) in [4.78, 5) is 12.2. The van der Waals surface area contributed by atoms with Crippen molar-refractivity contribution in [2.75, 3.05) is 0 Å². The van der Waals surface area contributed by atoms with Gasteiger partial charge in [-0.3, -0.25) is 4.79 Å². The first-order valence-electron chi connectivity index (χ1n) is 7.23. The highest BCUT2D eigenvalue weighted by molar-refractivity contribution is 5.85. The second kappa shape index (κ2) is 4.93. The number of phenols is 1. The molecule has 2 saturated carbocycles. The lowest BCUT2D eigenvalue weighted by atomic mass is 9.90. The molecule has 0 aromatic heterocycles. The summed E-state index contributed by atoms with van der Waals surface area (Å²) in [6.45, 7) is 2.23. The number of aromatic hydroxyl groups is 1. The zero-order valence-corrected chi connectivity index (χ0v) is 11.7. The first-order chi connectivity index (χ1) is 9.61. The van der Waals surface area contributed by atoms with Gasteiger partial charge in [0.1, 0.15) is 5.75 Å². The second-order valence-electron chi connectivity index (χ2n) is 6.16. The highest BCUT2D eigenvalue weighted by atomic mass is 16.3. The molecule has 1 aromatic carbocycles. The molecule has 4 nitrogen and oxygen atoms in total. The molecule has 4 heteroatoms. The monoisotopic (exact) mass is 272 g/mol. The summed E-state index contributed by atoms with van der Waals surface area (Å²) in [5.74, 6) is 0.970. The average Bonchev–Trinajstić information content (AvgIpc) is 3.06. The number of benzene rings is 1. The Labute approximate surface area is 118 Å². The summed E-state index contributed by atoms with van der Waals surface area (Å²) in [5, 5.41) is 13.2. The van der Waals surface area contributed by atoms with Gasteiger partial charge in [-0.25, -0.2) is 5.43 Å². The van der Waals surface area contributed by atoms with Crippen LogP contribution in [0.25, 0.3) is 0 Å². The predicted molar refractivity (Wildman–Crippen MR) is 77.4 cm³/mol. The van der Waals surface area contributed by atoms with Crippen molar-refractivity contribution in [3.63, 3.8) is 0 Å². The third-order valence-corrected chi connectivity index (χ3v) is 4.90. The summed E-state index contributed by atoms with van der Waals surface area (Å²) < 4.78 is 0. The van der Waals surface area contributed by atoms with Gasteiger partial charge in [0.15, 0.2) is 0 Å². The molecule has 2 aliphatic carbocycles. The Balaban J connectivity index is 1.56. The van der Waals surface area contributed by atoms with Crippen molar-refractivity contribution in [3.8, 4) is 5.75 Å². The SMILES string of the molecule is CC12CCCCC1C2C(=O)N/N=C/c1ccc(O)cc1. The van der Waals surface area contributed by atoms with Gasteiger partial charge < -0.3 is 5.11 Å². The molecule has 2 N–H and O–H groups in total. The van der Waals surface area contributed by atoms with E-state index in [2.05, 4.69) is 17.5 Å². The maximum absolute atomic E-state index is 12.2. The van der Waals surface area contributed by atoms with Crippen molar-refractivity contribution >= 4 is 12.1 Å². The van der Waals surface area contributed by atoms with Gasteiger partial charge in [0.25, 0.3) is 0 Å². The van der Waals surface area contributed by atoms with Crippen LogP contribution in [0.15, 0.2) is 29.4 Å². The molecule has 1 amide bonds. The number of nitrogens with one attached hydrogen (secondary N) is 1. The number of phenolic OH excluding ortho intramolecular Hbond substituents is 1. The van der Waals surface area contributed by atoms with E-state index in [9.17, 15) is 9.90 Å². The Kier molecular flexibility index (Phi) is 3.24. The van der Waals surface area contributed by atoms with E-state index in [0.717, 1.165) is 12.0 Å². The molecule has 3 rings (SSSR count). The Morgan fingerprint density at radius 3 is 2.80 bits per heavy atom. The quantitative estimate of drug-likeness (QED) is 0.656. The Morgan fingerprint density at radius 1 is 1.40 bits per heavy atom. The van der Waals surface area contributed by atoms with E-state index in [1.165, 1.54) is 19.3 Å². The lowest BCUT2D eigenvalue weighted by Crippen LogP contribution is -2.22. The summed E-state index contributed by atoms with van der Waals surface area (Å²) in [5.41, 5.74) is 3.73. The van der Waals surface area contributed by atoms with Crippen molar-refractivity contribution in [1.29, 1.82) is 0 Å². The standard InChI is InChI=1S/C16H20N2O2/c1-16-9-3-2-4-13(16)14(16)15(20)18-17-10-11-5-7-12(19)8-6-11/h5-8,10,13-14,19H,2-4,9H2,1H3,(H,18,20)/b17-10+. The highest BCUT2D eigenvalue weighted by Crippen LogP contribution is 2.66. The van der Waals surface area contributed by atoms with E-state index in [1.807, 2.05) is 0 Å². The Bertz CT molecular complexity index is 538. The molecule has 20 heavy (non-hydrogen) atoms. The van der Waals surface area contributed by atoms with Crippen LogP contribution in [0.2, 0.25) is 0 Å². The van der Waals surface area contributed by atoms with E-state index in [4.69, 9.17) is 0 Å². The number of amides is 1. The van der Waals surface area contributed by atoms with Gasteiger partial charge >= 0.3 is 0 Å². The average molecular weight is 272 g/mol. The number of hydrogen-bond donors (Lipinski definition) is 2. The van der Waals surface area contributed by atoms with Crippen LogP contribution in [-0.4, -0.2) is 17.2 Å². The van der Waals surface area contributed by atoms with Crippen molar-refractivity contribution in [3.05, 3.63) is 29.8 Å². The van der Waals surface area contributed by atoms with Gasteiger partial charge in [-0.2, -0.15) is 5.10 Å². The fourth-order valence-corrected chi connectivity index (χ4v) is 3.65. The fraction of sp³-hybridized carbons (Fsp3) is 0.500. The summed E-state index contributed by atoms with van der Waals surface area (Å²) in [6, 6.07) is 6.70. The molecule has 0 radical (unpaired) electrons. The van der Waals surface area contributed by atoms with Crippen LogP contribution in [0.4, 0.5) is 0 Å². The van der Waals surface area contributed by atoms with Crippen LogP contribution in [0.1, 0.15) is 38.2 Å². The van der Waals surface area contributed by atoms with Crippen LogP contribution in [-0.2, 0) is 4.79 Å². The molecule has 1 aromatic rings. The number of fused-ring (bicyclic) bond motifs is 1. The van der Waals surface area contributed by atoms with Crippen molar-refractivity contribution < 1.29 is 9.90 Å². The number of nitrogens with zero attached hydrogens (tertiary/aromatic N) is 1. The van der Waals surface area contributed by atoms with Crippen LogP contribution >= 0.6 is 0 Å². The van der Waals surface area contributed by atoms with E-state index in [-0.39, 0.29) is 23.0 Å². The number of carbonyl (C=O) groups excluding carboxylic acids is 1. The van der Waals surface area contributed by atoms with E-state index in [0.29, 0.717) is 5.92 Å². The Hall–Kier alpha value is -1.84. The van der Waals surface area contributed by atoms with E-state index < -0.39 is 0 Å². The zero-order chi connectivity index (χ0) is 14.2. The normalized spacial score (nSPS) is 31.9. The van der Waals surface area contributed by atoms with Gasteiger partial charge in [-0.15, -0.1) is 0 Å². The van der Waals surface area contributed by atoms with E-state index in [1.54, 1.807) is 30.5 Å². The maximum atomic E-state index is 12.2. The van der Waals surface area contributed by atoms with Crippen molar-refractivity contribution in [1.82, 2.24) is 5.43 Å². The maximum Gasteiger partial charge on any atom is 0.244 e. The molecule has 3 atom stereocenters. The summed E-state index contributed by atoms with van der Waals surface area (Å²) in [6.07, 6.45) is 6.44. The molecule has 0 saturated heterocycles. The molecule has 2 aliphatic rings. The van der Waals surface area contributed by atoms with Gasteiger partial charge in [0, 0.05) is 5.92 Å². The Morgan fingerprint density at radius 2 is 2.15 bits per heavy atom. The molecule has 0 bridgehead atoms. The number of carbonyl (C=O) groups is 1. The molecular weight excluding hydrogens is 252 g/mol. The van der Waals surface area contributed by atoms with Crippen LogP contribution < -0.4 is 5.43 Å². The predicted octanol–water partition coefficient (Wildman–Crippen LogP) is 2.67. The fourth-order valence-electron chi connectivity index (χ4n) is 3.65. The lowest BCUT2D eigenvalue weighted by Gasteiger charge is -2.15.